The molecule has 1 aromatic rings. The molecule has 6 heteroatoms. The number of aryl methyl sites for hydroxylation is 2. The van der Waals surface area contributed by atoms with E-state index in [1.165, 1.54) is 12.8 Å². The number of likely N-dealkylation sites (N-methyl/N-ethyl adjacent to an activating group) is 1. The molecule has 1 aromatic carbocycles. The second-order valence-corrected chi connectivity index (χ2v) is 7.51. The van der Waals surface area contributed by atoms with Crippen molar-refractivity contribution in [1.82, 2.24) is 10.2 Å². The molecule has 2 N–H and O–H groups in total. The summed E-state index contributed by atoms with van der Waals surface area (Å²) in [7, 11) is 0. The minimum Gasteiger partial charge on any atom is -0.334 e. The van der Waals surface area contributed by atoms with Crippen molar-refractivity contribution in [3.05, 3.63) is 29.3 Å². The Balaban J connectivity index is 0.00000364. The van der Waals surface area contributed by atoms with E-state index in [9.17, 15) is 9.59 Å². The molecule has 152 valence electrons. The van der Waals surface area contributed by atoms with Crippen molar-refractivity contribution in [3.8, 4) is 0 Å². The molecule has 0 aromatic heterocycles. The molecule has 0 bridgehead atoms. The second kappa shape index (κ2) is 11.3. The van der Waals surface area contributed by atoms with E-state index in [1.807, 2.05) is 39.0 Å². The standard InChI is InChI=1S/C21H33N3O2.ClH/c1-5-24(20(26)12-17(4)18-10-7-11-22-13-18)14-19(25)23-21-15(2)8-6-9-16(21)3;/h6,8-9,17-18,22H,5,7,10-14H2,1-4H3,(H,23,25);1H. The number of carbonyl (C=O) groups is 2. The van der Waals surface area contributed by atoms with Crippen molar-refractivity contribution >= 4 is 29.9 Å². The molecular formula is C21H34ClN3O2. The smallest absolute Gasteiger partial charge is 0.244 e. The lowest BCUT2D eigenvalue weighted by Gasteiger charge is -2.29. The minimum atomic E-state index is -0.135. The highest BCUT2D eigenvalue weighted by Gasteiger charge is 2.25. The number of piperidine rings is 1. The molecule has 2 amide bonds. The summed E-state index contributed by atoms with van der Waals surface area (Å²) in [5, 5.41) is 6.39. The summed E-state index contributed by atoms with van der Waals surface area (Å²) in [6.45, 7) is 10.8. The van der Waals surface area contributed by atoms with Gasteiger partial charge in [0.1, 0.15) is 0 Å². The third kappa shape index (κ3) is 6.82. The number of hydrogen-bond acceptors (Lipinski definition) is 3. The lowest BCUT2D eigenvalue weighted by atomic mass is 9.85. The van der Waals surface area contributed by atoms with E-state index in [0.717, 1.165) is 29.9 Å². The zero-order valence-corrected chi connectivity index (χ0v) is 17.8. The van der Waals surface area contributed by atoms with Crippen LogP contribution in [0.2, 0.25) is 0 Å². The van der Waals surface area contributed by atoms with Crippen LogP contribution in [0.15, 0.2) is 18.2 Å². The summed E-state index contributed by atoms with van der Waals surface area (Å²) in [6, 6.07) is 5.93. The van der Waals surface area contributed by atoms with E-state index >= 15 is 0 Å². The van der Waals surface area contributed by atoms with Crippen molar-refractivity contribution in [2.75, 3.05) is 31.5 Å². The Labute approximate surface area is 169 Å². The van der Waals surface area contributed by atoms with Gasteiger partial charge in [0.25, 0.3) is 0 Å². The zero-order chi connectivity index (χ0) is 19.1. The number of anilines is 1. The lowest BCUT2D eigenvalue weighted by molar-refractivity contribution is -0.135. The monoisotopic (exact) mass is 395 g/mol. The molecule has 5 nitrogen and oxygen atoms in total. The molecular weight excluding hydrogens is 362 g/mol. The van der Waals surface area contributed by atoms with Gasteiger partial charge in [-0.05, 0) is 69.7 Å². The zero-order valence-electron chi connectivity index (χ0n) is 17.0. The molecule has 27 heavy (non-hydrogen) atoms. The number of carbonyl (C=O) groups excluding carboxylic acids is 2. The van der Waals surface area contributed by atoms with Crippen LogP contribution >= 0.6 is 12.4 Å². The van der Waals surface area contributed by atoms with Gasteiger partial charge in [0.15, 0.2) is 0 Å². The summed E-state index contributed by atoms with van der Waals surface area (Å²) >= 11 is 0. The number of hydrogen-bond donors (Lipinski definition) is 2. The average Bonchev–Trinajstić information content (AvgIpc) is 2.63. The molecule has 2 atom stereocenters. The van der Waals surface area contributed by atoms with Gasteiger partial charge in [-0.25, -0.2) is 0 Å². The normalized spacial score (nSPS) is 17.6. The van der Waals surface area contributed by atoms with Crippen molar-refractivity contribution in [3.63, 3.8) is 0 Å². The van der Waals surface area contributed by atoms with Gasteiger partial charge in [0.2, 0.25) is 11.8 Å². The number of amides is 2. The fraction of sp³-hybridized carbons (Fsp3) is 0.619. The second-order valence-electron chi connectivity index (χ2n) is 7.51. The average molecular weight is 396 g/mol. The minimum absolute atomic E-state index is 0. The van der Waals surface area contributed by atoms with Crippen LogP contribution in [-0.2, 0) is 9.59 Å². The number of para-hydroxylation sites is 1. The fourth-order valence-corrected chi connectivity index (χ4v) is 3.68. The number of benzene rings is 1. The summed E-state index contributed by atoms with van der Waals surface area (Å²) in [5.41, 5.74) is 2.92. The predicted molar refractivity (Wildman–Crippen MR) is 113 cm³/mol. The van der Waals surface area contributed by atoms with Gasteiger partial charge in [-0.1, -0.05) is 25.1 Å². The first-order chi connectivity index (χ1) is 12.4. The summed E-state index contributed by atoms with van der Waals surface area (Å²) in [5.74, 6) is 0.827. The van der Waals surface area contributed by atoms with Crippen molar-refractivity contribution in [2.24, 2.45) is 11.8 Å². The highest BCUT2D eigenvalue weighted by atomic mass is 35.5. The first kappa shape index (κ1) is 23.4. The molecule has 1 heterocycles. The topological polar surface area (TPSA) is 61.4 Å². The Bertz CT molecular complexity index is 610. The van der Waals surface area contributed by atoms with Crippen LogP contribution in [0.4, 0.5) is 5.69 Å². The Morgan fingerprint density at radius 1 is 1.30 bits per heavy atom. The van der Waals surface area contributed by atoms with Gasteiger partial charge in [-0.15, -0.1) is 12.4 Å². The number of nitrogens with one attached hydrogen (secondary N) is 2. The van der Waals surface area contributed by atoms with E-state index in [1.54, 1.807) is 4.90 Å². The molecule has 0 aliphatic carbocycles. The summed E-state index contributed by atoms with van der Waals surface area (Å²) in [6.07, 6.45) is 2.87. The Hall–Kier alpha value is -1.59. The molecule has 0 saturated carbocycles. The SMILES string of the molecule is CCN(CC(=O)Nc1c(C)cccc1C)C(=O)CC(C)C1CCCNC1.Cl. The van der Waals surface area contributed by atoms with Crippen molar-refractivity contribution < 1.29 is 9.59 Å². The van der Waals surface area contributed by atoms with Crippen LogP contribution in [0, 0.1) is 25.7 Å². The van der Waals surface area contributed by atoms with Crippen LogP contribution in [0.5, 0.6) is 0 Å². The van der Waals surface area contributed by atoms with E-state index in [4.69, 9.17) is 0 Å². The molecule has 1 saturated heterocycles. The maximum atomic E-state index is 12.7. The first-order valence-electron chi connectivity index (χ1n) is 9.77. The Morgan fingerprint density at radius 2 is 1.96 bits per heavy atom. The number of halogens is 1. The van der Waals surface area contributed by atoms with E-state index < -0.39 is 0 Å². The third-order valence-electron chi connectivity index (χ3n) is 5.45. The van der Waals surface area contributed by atoms with Gasteiger partial charge in [-0.3, -0.25) is 9.59 Å². The Morgan fingerprint density at radius 3 is 2.52 bits per heavy atom. The van der Waals surface area contributed by atoms with Crippen LogP contribution < -0.4 is 10.6 Å². The summed E-state index contributed by atoms with van der Waals surface area (Å²) in [4.78, 5) is 26.8. The predicted octanol–water partition coefficient (Wildman–Crippen LogP) is 3.54. The van der Waals surface area contributed by atoms with E-state index in [-0.39, 0.29) is 30.8 Å². The third-order valence-corrected chi connectivity index (χ3v) is 5.45. The highest BCUT2D eigenvalue weighted by molar-refractivity contribution is 5.95. The number of rotatable bonds is 7. The van der Waals surface area contributed by atoms with Gasteiger partial charge in [0, 0.05) is 18.7 Å². The maximum absolute atomic E-state index is 12.7. The van der Waals surface area contributed by atoms with Gasteiger partial charge < -0.3 is 15.5 Å². The molecule has 2 unspecified atom stereocenters. The van der Waals surface area contributed by atoms with Crippen molar-refractivity contribution in [2.45, 2.75) is 47.0 Å². The molecule has 1 fully saturated rings. The van der Waals surface area contributed by atoms with Crippen LogP contribution in [0.25, 0.3) is 0 Å². The Kier molecular flexibility index (Phi) is 9.81. The highest BCUT2D eigenvalue weighted by Crippen LogP contribution is 2.23. The van der Waals surface area contributed by atoms with E-state index in [2.05, 4.69) is 17.6 Å². The van der Waals surface area contributed by atoms with Crippen molar-refractivity contribution in [1.29, 1.82) is 0 Å². The largest absolute Gasteiger partial charge is 0.334 e. The number of nitrogens with zero attached hydrogens (tertiary/aromatic N) is 1. The van der Waals surface area contributed by atoms with Gasteiger partial charge >= 0.3 is 0 Å². The van der Waals surface area contributed by atoms with Crippen LogP contribution in [0.3, 0.4) is 0 Å². The van der Waals surface area contributed by atoms with E-state index in [0.29, 0.717) is 24.8 Å². The molecule has 0 spiro atoms. The molecule has 1 aliphatic rings. The lowest BCUT2D eigenvalue weighted by Crippen LogP contribution is -2.40. The maximum Gasteiger partial charge on any atom is 0.244 e. The first-order valence-corrected chi connectivity index (χ1v) is 9.77. The molecule has 2 rings (SSSR count). The van der Waals surface area contributed by atoms with Crippen LogP contribution in [0.1, 0.15) is 44.2 Å². The van der Waals surface area contributed by atoms with Crippen LogP contribution in [-0.4, -0.2) is 42.9 Å². The quantitative estimate of drug-likeness (QED) is 0.742. The summed E-state index contributed by atoms with van der Waals surface area (Å²) < 4.78 is 0. The van der Waals surface area contributed by atoms with Gasteiger partial charge in [-0.2, -0.15) is 0 Å². The molecule has 0 radical (unpaired) electrons. The fourth-order valence-electron chi connectivity index (χ4n) is 3.68. The van der Waals surface area contributed by atoms with Gasteiger partial charge in [0.05, 0.1) is 6.54 Å². The molecule has 1 aliphatic heterocycles.